The van der Waals surface area contributed by atoms with Gasteiger partial charge in [-0.15, -0.1) is 0 Å². The fourth-order valence-corrected chi connectivity index (χ4v) is 2.33. The van der Waals surface area contributed by atoms with E-state index in [4.69, 9.17) is 18.9 Å². The maximum atomic E-state index is 9.39. The zero-order valence-electron chi connectivity index (χ0n) is 11.4. The summed E-state index contributed by atoms with van der Waals surface area (Å²) in [5.74, 6) is -1.40. The smallest absolute Gasteiger partial charge is 0.164 e. The Kier molecular flexibility index (Phi) is 3.55. The van der Waals surface area contributed by atoms with Crippen LogP contribution in [0.15, 0.2) is 12.2 Å². The lowest BCUT2D eigenvalue weighted by molar-refractivity contribution is -0.272. The van der Waals surface area contributed by atoms with Crippen LogP contribution in [0.25, 0.3) is 0 Å². The third-order valence-corrected chi connectivity index (χ3v) is 3.12. The van der Waals surface area contributed by atoms with Crippen LogP contribution in [-0.4, -0.2) is 48.2 Å². The second kappa shape index (κ2) is 4.58. The Morgan fingerprint density at radius 1 is 1.17 bits per heavy atom. The predicted molar refractivity (Wildman–Crippen MR) is 65.0 cm³/mol. The van der Waals surface area contributed by atoms with Crippen molar-refractivity contribution in [2.45, 2.75) is 57.6 Å². The van der Waals surface area contributed by atoms with Gasteiger partial charge in [0.25, 0.3) is 0 Å². The summed E-state index contributed by atoms with van der Waals surface area (Å²) in [4.78, 5) is 0. The lowest BCUT2D eigenvalue weighted by Crippen LogP contribution is -2.50. The molecule has 2 heterocycles. The summed E-state index contributed by atoms with van der Waals surface area (Å²) in [5.41, 5.74) is 0.805. The molecule has 0 radical (unpaired) electrons. The van der Waals surface area contributed by atoms with Crippen molar-refractivity contribution >= 4 is 0 Å². The zero-order valence-corrected chi connectivity index (χ0v) is 11.4. The first-order valence-electron chi connectivity index (χ1n) is 6.20. The van der Waals surface area contributed by atoms with Gasteiger partial charge in [0.2, 0.25) is 0 Å². The van der Waals surface area contributed by atoms with Crippen LogP contribution in [0.4, 0.5) is 0 Å². The standard InChI is InChI=1S/C13H22O5/c1-8-7-15-12(2,3)17-10(8)11-9(6-14)16-13(4,5)18-11/h9-11,14H,1,6-7H2,2-5H3/t9-,10-,11+/m0/s1. The third-order valence-electron chi connectivity index (χ3n) is 3.12. The minimum atomic E-state index is -0.718. The molecular formula is C13H22O5. The molecule has 3 atom stereocenters. The van der Waals surface area contributed by atoms with E-state index in [9.17, 15) is 5.11 Å². The Bertz CT molecular complexity index is 336. The molecule has 0 aliphatic carbocycles. The van der Waals surface area contributed by atoms with E-state index in [0.29, 0.717) is 6.61 Å². The highest BCUT2D eigenvalue weighted by Gasteiger charge is 2.48. The van der Waals surface area contributed by atoms with E-state index in [0.717, 1.165) is 5.57 Å². The molecule has 0 aromatic rings. The van der Waals surface area contributed by atoms with Gasteiger partial charge in [0, 0.05) is 0 Å². The van der Waals surface area contributed by atoms with Crippen LogP contribution in [0.3, 0.4) is 0 Å². The minimum absolute atomic E-state index is 0.109. The maximum absolute atomic E-state index is 9.39. The first-order chi connectivity index (χ1) is 8.24. The highest BCUT2D eigenvalue weighted by Crippen LogP contribution is 2.36. The third kappa shape index (κ3) is 2.75. The van der Waals surface area contributed by atoms with E-state index >= 15 is 0 Å². The van der Waals surface area contributed by atoms with Crippen molar-refractivity contribution in [3.05, 3.63) is 12.2 Å². The predicted octanol–water partition coefficient (Wildman–Crippen LogP) is 1.21. The molecule has 18 heavy (non-hydrogen) atoms. The summed E-state index contributed by atoms with van der Waals surface area (Å²) in [6, 6.07) is 0. The van der Waals surface area contributed by atoms with Gasteiger partial charge in [0.05, 0.1) is 13.2 Å². The number of aliphatic hydroxyl groups is 1. The molecule has 0 aromatic heterocycles. The van der Waals surface area contributed by atoms with Crippen molar-refractivity contribution < 1.29 is 24.1 Å². The highest BCUT2D eigenvalue weighted by atomic mass is 16.8. The first kappa shape index (κ1) is 14.0. The lowest BCUT2D eigenvalue weighted by Gasteiger charge is -2.40. The number of aliphatic hydroxyl groups excluding tert-OH is 1. The number of hydrogen-bond acceptors (Lipinski definition) is 5. The van der Waals surface area contributed by atoms with Gasteiger partial charge in [-0.1, -0.05) is 6.58 Å². The molecule has 0 spiro atoms. The summed E-state index contributed by atoms with van der Waals surface area (Å²) < 4.78 is 22.8. The fraction of sp³-hybridized carbons (Fsp3) is 0.846. The minimum Gasteiger partial charge on any atom is -0.394 e. The van der Waals surface area contributed by atoms with E-state index in [1.54, 1.807) is 0 Å². The molecule has 1 N–H and O–H groups in total. The molecule has 2 saturated heterocycles. The average Bonchev–Trinajstić information content (AvgIpc) is 2.57. The van der Waals surface area contributed by atoms with E-state index in [1.807, 2.05) is 27.7 Å². The highest BCUT2D eigenvalue weighted by molar-refractivity contribution is 5.11. The van der Waals surface area contributed by atoms with Crippen LogP contribution >= 0.6 is 0 Å². The van der Waals surface area contributed by atoms with Gasteiger partial charge in [-0.3, -0.25) is 0 Å². The van der Waals surface area contributed by atoms with Crippen molar-refractivity contribution in [3.63, 3.8) is 0 Å². The average molecular weight is 258 g/mol. The van der Waals surface area contributed by atoms with Crippen molar-refractivity contribution in [1.82, 2.24) is 0 Å². The largest absolute Gasteiger partial charge is 0.394 e. The van der Waals surface area contributed by atoms with Crippen LogP contribution in [-0.2, 0) is 18.9 Å². The van der Waals surface area contributed by atoms with Crippen LogP contribution in [0.1, 0.15) is 27.7 Å². The van der Waals surface area contributed by atoms with Gasteiger partial charge in [0.15, 0.2) is 11.6 Å². The second-order valence-electron chi connectivity index (χ2n) is 5.71. The fourth-order valence-electron chi connectivity index (χ4n) is 2.33. The molecule has 104 valence electrons. The Morgan fingerprint density at radius 2 is 1.83 bits per heavy atom. The van der Waals surface area contributed by atoms with Gasteiger partial charge in [-0.25, -0.2) is 0 Å². The topological polar surface area (TPSA) is 57.2 Å². The van der Waals surface area contributed by atoms with Crippen molar-refractivity contribution in [2.24, 2.45) is 0 Å². The molecule has 5 heteroatoms. The molecule has 2 aliphatic rings. The molecule has 0 unspecified atom stereocenters. The SMILES string of the molecule is C=C1COC(C)(C)O[C@@H]1[C@@H]1OC(C)(C)O[C@H]1CO. The van der Waals surface area contributed by atoms with Gasteiger partial charge in [-0.2, -0.15) is 0 Å². The number of rotatable bonds is 2. The van der Waals surface area contributed by atoms with Crippen LogP contribution < -0.4 is 0 Å². The molecule has 5 nitrogen and oxygen atoms in total. The molecule has 0 aromatic carbocycles. The maximum Gasteiger partial charge on any atom is 0.164 e. The Hall–Kier alpha value is -0.460. The molecule has 2 fully saturated rings. The van der Waals surface area contributed by atoms with E-state index in [2.05, 4.69) is 6.58 Å². The Balaban J connectivity index is 2.16. The zero-order chi connectivity index (χ0) is 13.6. The van der Waals surface area contributed by atoms with Gasteiger partial charge in [-0.05, 0) is 33.3 Å². The normalized spacial score (nSPS) is 38.9. The lowest BCUT2D eigenvalue weighted by atomic mass is 10.0. The van der Waals surface area contributed by atoms with Crippen molar-refractivity contribution in [3.8, 4) is 0 Å². The quantitative estimate of drug-likeness (QED) is 0.754. The molecular weight excluding hydrogens is 236 g/mol. The van der Waals surface area contributed by atoms with E-state index in [-0.39, 0.29) is 18.8 Å². The molecule has 0 amide bonds. The van der Waals surface area contributed by atoms with Gasteiger partial charge in [0.1, 0.15) is 18.3 Å². The summed E-state index contributed by atoms with van der Waals surface area (Å²) in [5, 5.41) is 9.39. The molecule has 0 saturated carbocycles. The van der Waals surface area contributed by atoms with Crippen LogP contribution in [0, 0.1) is 0 Å². The van der Waals surface area contributed by atoms with Crippen molar-refractivity contribution in [2.75, 3.05) is 13.2 Å². The molecule has 2 rings (SSSR count). The van der Waals surface area contributed by atoms with Crippen molar-refractivity contribution in [1.29, 1.82) is 0 Å². The number of hydrogen-bond donors (Lipinski definition) is 1. The number of ether oxygens (including phenoxy) is 4. The summed E-state index contributed by atoms with van der Waals surface area (Å²) in [7, 11) is 0. The summed E-state index contributed by atoms with van der Waals surface area (Å²) in [6.07, 6.45) is -1.09. The van der Waals surface area contributed by atoms with Gasteiger partial charge < -0.3 is 24.1 Å². The van der Waals surface area contributed by atoms with Crippen LogP contribution in [0.5, 0.6) is 0 Å². The molecule has 2 aliphatic heterocycles. The van der Waals surface area contributed by atoms with E-state index < -0.39 is 17.7 Å². The molecule has 0 bridgehead atoms. The first-order valence-corrected chi connectivity index (χ1v) is 6.20. The van der Waals surface area contributed by atoms with E-state index in [1.165, 1.54) is 0 Å². The Morgan fingerprint density at radius 3 is 2.44 bits per heavy atom. The summed E-state index contributed by atoms with van der Waals surface area (Å²) >= 11 is 0. The monoisotopic (exact) mass is 258 g/mol. The summed E-state index contributed by atoms with van der Waals surface area (Å²) in [6.45, 7) is 11.6. The Labute approximate surface area is 108 Å². The second-order valence-corrected chi connectivity index (χ2v) is 5.71. The van der Waals surface area contributed by atoms with Crippen LogP contribution in [0.2, 0.25) is 0 Å². The van der Waals surface area contributed by atoms with Gasteiger partial charge >= 0.3 is 0 Å².